The lowest BCUT2D eigenvalue weighted by molar-refractivity contribution is -0.119. The number of amides is 1. The van der Waals surface area contributed by atoms with Crippen molar-refractivity contribution in [3.8, 4) is 0 Å². The van der Waals surface area contributed by atoms with Gasteiger partial charge in [-0.05, 0) is 35.2 Å². The Kier molecular flexibility index (Phi) is 7.01. The molecule has 2 N–H and O–H groups in total. The lowest BCUT2D eigenvalue weighted by Crippen LogP contribution is -2.24. The Labute approximate surface area is 197 Å². The molecule has 0 heterocycles. The number of hydrogen-bond acceptors (Lipinski definition) is 5. The van der Waals surface area contributed by atoms with E-state index in [4.69, 9.17) is 4.74 Å². The van der Waals surface area contributed by atoms with E-state index in [1.807, 2.05) is 54.6 Å². The van der Waals surface area contributed by atoms with Crippen LogP contribution in [0.5, 0.6) is 0 Å². The first-order valence-electron chi connectivity index (χ1n) is 10.5. The molecule has 8 heteroatoms. The second kappa shape index (κ2) is 10.3. The van der Waals surface area contributed by atoms with Crippen LogP contribution >= 0.6 is 0 Å². The van der Waals surface area contributed by atoms with E-state index in [-0.39, 0.29) is 17.0 Å². The number of carbonyl (C=O) groups is 2. The molecule has 0 unspecified atom stereocenters. The van der Waals surface area contributed by atoms with E-state index in [2.05, 4.69) is 10.0 Å². The summed E-state index contributed by atoms with van der Waals surface area (Å²) in [7, 11) is -3.84. The SMILES string of the molecule is O=C(COC(=O)c1cccc(S(=O)(=O)NCc2ccccc2)c1)Nc1cccc2ccccc12. The summed E-state index contributed by atoms with van der Waals surface area (Å²) in [6.45, 7) is -0.391. The molecule has 34 heavy (non-hydrogen) atoms. The quantitative estimate of drug-likeness (QED) is 0.374. The van der Waals surface area contributed by atoms with E-state index in [0.29, 0.717) is 5.69 Å². The van der Waals surface area contributed by atoms with Crippen molar-refractivity contribution in [2.24, 2.45) is 0 Å². The zero-order valence-corrected chi connectivity index (χ0v) is 18.9. The van der Waals surface area contributed by atoms with Crippen LogP contribution in [0.15, 0.2) is 102 Å². The van der Waals surface area contributed by atoms with Gasteiger partial charge in [0.1, 0.15) is 0 Å². The van der Waals surface area contributed by atoms with Crippen molar-refractivity contribution in [3.63, 3.8) is 0 Å². The molecule has 7 nitrogen and oxygen atoms in total. The molecule has 0 aliphatic heterocycles. The van der Waals surface area contributed by atoms with Gasteiger partial charge in [0.15, 0.2) is 6.61 Å². The van der Waals surface area contributed by atoms with Crippen LogP contribution in [0.4, 0.5) is 5.69 Å². The van der Waals surface area contributed by atoms with Gasteiger partial charge in [0.05, 0.1) is 10.5 Å². The highest BCUT2D eigenvalue weighted by Gasteiger charge is 2.17. The number of ether oxygens (including phenoxy) is 1. The summed E-state index contributed by atoms with van der Waals surface area (Å²) in [5, 5.41) is 4.57. The van der Waals surface area contributed by atoms with Gasteiger partial charge in [-0.1, -0.05) is 72.8 Å². The van der Waals surface area contributed by atoms with E-state index in [0.717, 1.165) is 16.3 Å². The van der Waals surface area contributed by atoms with E-state index in [9.17, 15) is 18.0 Å². The van der Waals surface area contributed by atoms with Crippen LogP contribution in [0.25, 0.3) is 10.8 Å². The standard InChI is InChI=1S/C26H22N2O5S/c29-25(28-24-15-7-11-20-10-4-5-14-23(20)24)18-33-26(30)21-12-6-13-22(16-21)34(31,32)27-17-19-8-2-1-3-9-19/h1-16,27H,17-18H2,(H,28,29). The summed E-state index contributed by atoms with van der Waals surface area (Å²) in [6, 6.07) is 27.7. The third-order valence-corrected chi connectivity index (χ3v) is 6.49. The topological polar surface area (TPSA) is 102 Å². The fraction of sp³-hybridized carbons (Fsp3) is 0.0769. The molecule has 0 aromatic heterocycles. The molecule has 1 amide bonds. The Hall–Kier alpha value is -4.01. The minimum absolute atomic E-state index is 0.0283. The third kappa shape index (κ3) is 5.67. The highest BCUT2D eigenvalue weighted by Crippen LogP contribution is 2.23. The van der Waals surface area contributed by atoms with E-state index < -0.39 is 28.5 Å². The molecule has 0 bridgehead atoms. The molecule has 172 valence electrons. The minimum atomic E-state index is -3.84. The maximum absolute atomic E-state index is 12.6. The van der Waals surface area contributed by atoms with Crippen molar-refractivity contribution >= 4 is 38.4 Å². The first kappa shape index (κ1) is 23.2. The first-order chi connectivity index (χ1) is 16.4. The number of nitrogens with one attached hydrogen (secondary N) is 2. The van der Waals surface area contributed by atoms with Gasteiger partial charge < -0.3 is 10.1 Å². The summed E-state index contributed by atoms with van der Waals surface area (Å²) in [6.07, 6.45) is 0. The van der Waals surface area contributed by atoms with Gasteiger partial charge in [0.25, 0.3) is 5.91 Å². The van der Waals surface area contributed by atoms with Crippen molar-refractivity contribution in [3.05, 3.63) is 108 Å². The van der Waals surface area contributed by atoms with Gasteiger partial charge in [0, 0.05) is 17.6 Å². The van der Waals surface area contributed by atoms with Gasteiger partial charge >= 0.3 is 5.97 Å². The smallest absolute Gasteiger partial charge is 0.338 e. The average molecular weight is 475 g/mol. The van der Waals surface area contributed by atoms with E-state index >= 15 is 0 Å². The average Bonchev–Trinajstić information content (AvgIpc) is 2.87. The number of sulfonamides is 1. The zero-order valence-electron chi connectivity index (χ0n) is 18.1. The molecule has 0 atom stereocenters. The van der Waals surface area contributed by atoms with Crippen molar-refractivity contribution < 1.29 is 22.7 Å². The highest BCUT2D eigenvalue weighted by atomic mass is 32.2. The summed E-state index contributed by atoms with van der Waals surface area (Å²) in [5.41, 5.74) is 1.44. The molecule has 0 aliphatic rings. The Balaban J connectivity index is 1.37. The largest absolute Gasteiger partial charge is 0.452 e. The van der Waals surface area contributed by atoms with Crippen LogP contribution in [-0.2, 0) is 26.1 Å². The fourth-order valence-corrected chi connectivity index (χ4v) is 4.45. The molecule has 0 saturated carbocycles. The third-order valence-electron chi connectivity index (χ3n) is 5.09. The molecule has 0 fully saturated rings. The summed E-state index contributed by atoms with van der Waals surface area (Å²) in [5.74, 6) is -1.30. The molecule has 4 rings (SSSR count). The molecular formula is C26H22N2O5S. The zero-order chi connectivity index (χ0) is 24.0. The highest BCUT2D eigenvalue weighted by molar-refractivity contribution is 7.89. The van der Waals surface area contributed by atoms with Crippen LogP contribution in [-0.4, -0.2) is 26.9 Å². The van der Waals surface area contributed by atoms with Gasteiger partial charge in [0.2, 0.25) is 10.0 Å². The summed E-state index contributed by atoms with van der Waals surface area (Å²) >= 11 is 0. The van der Waals surface area contributed by atoms with Crippen LogP contribution in [0.1, 0.15) is 15.9 Å². The molecule has 0 radical (unpaired) electrons. The lowest BCUT2D eigenvalue weighted by atomic mass is 10.1. The number of benzene rings is 4. The normalized spacial score (nSPS) is 11.2. The van der Waals surface area contributed by atoms with Gasteiger partial charge in [-0.3, -0.25) is 4.79 Å². The molecule has 0 aliphatic carbocycles. The van der Waals surface area contributed by atoms with Gasteiger partial charge in [-0.25, -0.2) is 17.9 Å². The van der Waals surface area contributed by atoms with Crippen molar-refractivity contribution in [2.45, 2.75) is 11.4 Å². The lowest BCUT2D eigenvalue weighted by Gasteiger charge is -2.10. The molecule has 0 spiro atoms. The predicted molar refractivity (Wildman–Crippen MR) is 130 cm³/mol. The van der Waals surface area contributed by atoms with Crippen molar-refractivity contribution in [1.29, 1.82) is 0 Å². The Bertz CT molecular complexity index is 1430. The summed E-state index contributed by atoms with van der Waals surface area (Å²) in [4.78, 5) is 24.7. The molecule has 4 aromatic carbocycles. The van der Waals surface area contributed by atoms with E-state index in [1.165, 1.54) is 24.3 Å². The van der Waals surface area contributed by atoms with Gasteiger partial charge in [-0.2, -0.15) is 0 Å². The predicted octanol–water partition coefficient (Wildman–Crippen LogP) is 4.11. The van der Waals surface area contributed by atoms with Crippen LogP contribution in [0, 0.1) is 0 Å². The first-order valence-corrected chi connectivity index (χ1v) is 12.0. The number of rotatable bonds is 8. The Morgan fingerprint density at radius 1 is 0.794 bits per heavy atom. The Morgan fingerprint density at radius 2 is 1.50 bits per heavy atom. The van der Waals surface area contributed by atoms with Gasteiger partial charge in [-0.15, -0.1) is 0 Å². The van der Waals surface area contributed by atoms with Crippen LogP contribution < -0.4 is 10.0 Å². The maximum Gasteiger partial charge on any atom is 0.338 e. The summed E-state index contributed by atoms with van der Waals surface area (Å²) < 4.78 is 32.9. The van der Waals surface area contributed by atoms with Crippen LogP contribution in [0.3, 0.4) is 0 Å². The molecule has 0 saturated heterocycles. The second-order valence-corrected chi connectivity index (χ2v) is 9.26. The number of anilines is 1. The number of carbonyl (C=O) groups excluding carboxylic acids is 2. The monoisotopic (exact) mass is 474 g/mol. The van der Waals surface area contributed by atoms with Crippen LogP contribution in [0.2, 0.25) is 0 Å². The van der Waals surface area contributed by atoms with E-state index in [1.54, 1.807) is 18.2 Å². The number of esters is 1. The van der Waals surface area contributed by atoms with Crippen molar-refractivity contribution in [2.75, 3.05) is 11.9 Å². The van der Waals surface area contributed by atoms with Crippen molar-refractivity contribution in [1.82, 2.24) is 4.72 Å². The molecular weight excluding hydrogens is 452 g/mol. The minimum Gasteiger partial charge on any atom is -0.452 e. The molecule has 4 aromatic rings. The number of fused-ring (bicyclic) bond motifs is 1. The Morgan fingerprint density at radius 3 is 2.32 bits per heavy atom. The fourth-order valence-electron chi connectivity index (χ4n) is 3.38. The number of hydrogen-bond donors (Lipinski definition) is 2. The second-order valence-electron chi connectivity index (χ2n) is 7.49. The maximum atomic E-state index is 12.6.